The number of carbonyl (C=O) groups is 1. The predicted octanol–water partition coefficient (Wildman–Crippen LogP) is 4.46. The fourth-order valence-corrected chi connectivity index (χ4v) is 4.77. The zero-order valence-electron chi connectivity index (χ0n) is 20.1. The molecule has 0 spiro atoms. The molecule has 2 aliphatic rings. The van der Waals surface area contributed by atoms with E-state index in [9.17, 15) is 9.59 Å². The molecule has 1 aliphatic heterocycles. The average Bonchev–Trinajstić information content (AvgIpc) is 3.62. The van der Waals surface area contributed by atoms with Crippen molar-refractivity contribution in [3.05, 3.63) is 70.1 Å². The molecule has 1 saturated heterocycles. The van der Waals surface area contributed by atoms with Crippen LogP contribution in [0.2, 0.25) is 0 Å². The number of amides is 1. The molecule has 5 rings (SSSR count). The van der Waals surface area contributed by atoms with Crippen molar-refractivity contribution in [3.63, 3.8) is 0 Å². The molecular weight excluding hydrogens is 426 g/mol. The Hall–Kier alpha value is -3.41. The van der Waals surface area contributed by atoms with E-state index >= 15 is 0 Å². The molecule has 1 aliphatic carbocycles. The lowest BCUT2D eigenvalue weighted by atomic mass is 10.0. The summed E-state index contributed by atoms with van der Waals surface area (Å²) in [5, 5.41) is 0. The van der Waals surface area contributed by atoms with Crippen LogP contribution in [0.3, 0.4) is 0 Å². The number of methoxy groups -OCH3 is 1. The summed E-state index contributed by atoms with van der Waals surface area (Å²) >= 11 is 0. The first-order valence-electron chi connectivity index (χ1n) is 12.1. The quantitative estimate of drug-likeness (QED) is 0.548. The first-order valence-corrected chi connectivity index (χ1v) is 12.1. The summed E-state index contributed by atoms with van der Waals surface area (Å²) in [4.78, 5) is 32.6. The van der Waals surface area contributed by atoms with Crippen molar-refractivity contribution >= 4 is 5.91 Å². The number of ether oxygens (including phenoxy) is 1. The second kappa shape index (κ2) is 9.09. The number of hydrogen-bond acceptors (Lipinski definition) is 4. The van der Waals surface area contributed by atoms with Gasteiger partial charge in [-0.3, -0.25) is 14.2 Å². The lowest BCUT2D eigenvalue weighted by Gasteiger charge is -2.19. The Morgan fingerprint density at radius 3 is 2.21 bits per heavy atom. The van der Waals surface area contributed by atoms with Gasteiger partial charge in [0.1, 0.15) is 11.6 Å². The van der Waals surface area contributed by atoms with Crippen LogP contribution in [0, 0.1) is 25.7 Å². The highest BCUT2D eigenvalue weighted by Crippen LogP contribution is 2.33. The Morgan fingerprint density at radius 1 is 0.971 bits per heavy atom. The normalized spacial score (nSPS) is 17.7. The second-order valence-electron chi connectivity index (χ2n) is 9.58. The third kappa shape index (κ3) is 4.37. The Bertz CT molecular complexity index is 1260. The van der Waals surface area contributed by atoms with Crippen LogP contribution >= 0.6 is 0 Å². The van der Waals surface area contributed by atoms with Crippen molar-refractivity contribution in [2.24, 2.45) is 11.8 Å². The molecule has 0 radical (unpaired) electrons. The van der Waals surface area contributed by atoms with Gasteiger partial charge in [0.2, 0.25) is 5.91 Å². The van der Waals surface area contributed by atoms with Crippen LogP contribution in [0.25, 0.3) is 22.5 Å². The maximum absolute atomic E-state index is 13.3. The highest BCUT2D eigenvalue weighted by molar-refractivity contribution is 5.81. The molecule has 34 heavy (non-hydrogen) atoms. The van der Waals surface area contributed by atoms with Crippen molar-refractivity contribution in [1.29, 1.82) is 0 Å². The number of hydrogen-bond donors (Lipinski definition) is 0. The molecule has 1 aromatic heterocycles. The van der Waals surface area contributed by atoms with Gasteiger partial charge < -0.3 is 9.64 Å². The minimum Gasteiger partial charge on any atom is -0.497 e. The van der Waals surface area contributed by atoms with Gasteiger partial charge in [-0.2, -0.15) is 0 Å². The van der Waals surface area contributed by atoms with Gasteiger partial charge in [-0.1, -0.05) is 36.4 Å². The van der Waals surface area contributed by atoms with E-state index < -0.39 is 0 Å². The van der Waals surface area contributed by atoms with E-state index in [1.54, 1.807) is 7.11 Å². The van der Waals surface area contributed by atoms with Crippen LogP contribution in [-0.2, 0) is 11.3 Å². The molecule has 0 bridgehead atoms. The van der Waals surface area contributed by atoms with E-state index in [0.29, 0.717) is 23.8 Å². The molecule has 2 aromatic carbocycles. The number of aryl methyl sites for hydroxylation is 1. The standard InChI is InChI=1S/C28H31N3O3/c1-18-19(2)29-26(23-6-4-21(5-7-23)22-10-12-25(34-3)13-11-22)31(27(18)32)17-20-14-15-30(16-20)28(33)24-8-9-24/h4-7,10-13,20,24H,8-9,14-17H2,1-3H3/t20-/m1/s1. The van der Waals surface area contributed by atoms with E-state index in [1.807, 2.05) is 59.7 Å². The zero-order chi connectivity index (χ0) is 23.8. The molecule has 0 unspecified atom stereocenters. The van der Waals surface area contributed by atoms with Crippen molar-refractivity contribution in [1.82, 2.24) is 14.5 Å². The Kier molecular flexibility index (Phi) is 5.98. The van der Waals surface area contributed by atoms with E-state index in [1.165, 1.54) is 0 Å². The smallest absolute Gasteiger partial charge is 0.256 e. The topological polar surface area (TPSA) is 64.4 Å². The van der Waals surface area contributed by atoms with Gasteiger partial charge in [-0.05, 0) is 62.3 Å². The summed E-state index contributed by atoms with van der Waals surface area (Å²) in [5.74, 6) is 2.32. The third-order valence-electron chi connectivity index (χ3n) is 7.17. The van der Waals surface area contributed by atoms with Crippen LogP contribution in [0.4, 0.5) is 0 Å². The lowest BCUT2D eigenvalue weighted by Crippen LogP contribution is -2.32. The fourth-order valence-electron chi connectivity index (χ4n) is 4.77. The van der Waals surface area contributed by atoms with Crippen molar-refractivity contribution in [2.75, 3.05) is 20.2 Å². The Balaban J connectivity index is 1.42. The molecule has 6 nitrogen and oxygen atoms in total. The molecule has 1 atom stereocenters. The van der Waals surface area contributed by atoms with Crippen LogP contribution < -0.4 is 10.3 Å². The predicted molar refractivity (Wildman–Crippen MR) is 133 cm³/mol. The van der Waals surface area contributed by atoms with E-state index in [2.05, 4.69) is 12.1 Å². The first-order chi connectivity index (χ1) is 16.4. The summed E-state index contributed by atoms with van der Waals surface area (Å²) in [6.07, 6.45) is 2.97. The number of benzene rings is 2. The van der Waals surface area contributed by atoms with Crippen LogP contribution in [-0.4, -0.2) is 40.6 Å². The summed E-state index contributed by atoms with van der Waals surface area (Å²) in [6.45, 7) is 5.83. The highest BCUT2D eigenvalue weighted by atomic mass is 16.5. The van der Waals surface area contributed by atoms with Crippen LogP contribution in [0.5, 0.6) is 5.75 Å². The minimum absolute atomic E-state index is 0.00806. The number of likely N-dealkylation sites (tertiary alicyclic amines) is 1. The van der Waals surface area contributed by atoms with E-state index in [4.69, 9.17) is 9.72 Å². The molecule has 3 aromatic rings. The fraction of sp³-hybridized carbons (Fsp3) is 0.393. The van der Waals surface area contributed by atoms with E-state index in [-0.39, 0.29) is 17.4 Å². The van der Waals surface area contributed by atoms with Gasteiger partial charge in [0, 0.05) is 42.4 Å². The van der Waals surface area contributed by atoms with E-state index in [0.717, 1.165) is 60.5 Å². The number of nitrogens with zero attached hydrogens (tertiary/aromatic N) is 3. The van der Waals surface area contributed by atoms with Crippen molar-refractivity contribution < 1.29 is 9.53 Å². The molecule has 176 valence electrons. The minimum atomic E-state index is 0.00806. The maximum atomic E-state index is 13.3. The van der Waals surface area contributed by atoms with Gasteiger partial charge in [0.15, 0.2) is 0 Å². The van der Waals surface area contributed by atoms with Crippen LogP contribution in [0.1, 0.15) is 30.5 Å². The van der Waals surface area contributed by atoms with Crippen LogP contribution in [0.15, 0.2) is 53.3 Å². The summed E-state index contributed by atoms with van der Waals surface area (Å²) in [5.41, 5.74) is 4.56. The Labute approximate surface area is 200 Å². The molecule has 6 heteroatoms. The average molecular weight is 458 g/mol. The summed E-state index contributed by atoms with van der Waals surface area (Å²) < 4.78 is 7.07. The van der Waals surface area contributed by atoms with Gasteiger partial charge >= 0.3 is 0 Å². The largest absolute Gasteiger partial charge is 0.497 e. The SMILES string of the molecule is COc1ccc(-c2ccc(-c3nc(C)c(C)c(=O)n3C[C@@H]3CCN(C(=O)C4CC4)C3)cc2)cc1. The molecule has 0 N–H and O–H groups in total. The third-order valence-corrected chi connectivity index (χ3v) is 7.17. The highest BCUT2D eigenvalue weighted by Gasteiger charge is 2.36. The monoisotopic (exact) mass is 457 g/mol. The Morgan fingerprint density at radius 2 is 1.59 bits per heavy atom. The molecule has 2 fully saturated rings. The molecular formula is C28H31N3O3. The number of aromatic nitrogens is 2. The van der Waals surface area contributed by atoms with Crippen molar-refractivity contribution in [3.8, 4) is 28.3 Å². The lowest BCUT2D eigenvalue weighted by molar-refractivity contribution is -0.131. The second-order valence-corrected chi connectivity index (χ2v) is 9.58. The molecule has 1 amide bonds. The maximum Gasteiger partial charge on any atom is 0.256 e. The summed E-state index contributed by atoms with van der Waals surface area (Å²) in [6, 6.07) is 16.2. The van der Waals surface area contributed by atoms with Gasteiger partial charge in [-0.15, -0.1) is 0 Å². The van der Waals surface area contributed by atoms with Crippen molar-refractivity contribution in [2.45, 2.75) is 39.7 Å². The first kappa shape index (κ1) is 22.4. The molecule has 1 saturated carbocycles. The molecule has 2 heterocycles. The van der Waals surface area contributed by atoms with Gasteiger partial charge in [0.25, 0.3) is 5.56 Å². The number of carbonyl (C=O) groups excluding carboxylic acids is 1. The van der Waals surface area contributed by atoms with Gasteiger partial charge in [-0.25, -0.2) is 4.98 Å². The summed E-state index contributed by atoms with van der Waals surface area (Å²) in [7, 11) is 1.66. The zero-order valence-corrected chi connectivity index (χ0v) is 20.1. The number of rotatable bonds is 6. The van der Waals surface area contributed by atoms with Gasteiger partial charge in [0.05, 0.1) is 7.11 Å².